The third-order valence-corrected chi connectivity index (χ3v) is 6.34. The summed E-state index contributed by atoms with van der Waals surface area (Å²) in [5, 5.41) is 25.2. The molecule has 10 heteroatoms. The molecule has 1 aliphatic rings. The number of aryl methyl sites for hydroxylation is 1. The Labute approximate surface area is 175 Å². The number of nitro groups is 1. The minimum Gasteiger partial charge on any atom is -0.320 e. The zero-order valence-electron chi connectivity index (χ0n) is 15.7. The number of thioether (sulfide) groups is 1. The van der Waals surface area contributed by atoms with Gasteiger partial charge in [0, 0.05) is 23.4 Å². The highest BCUT2D eigenvalue weighted by atomic mass is 32.2. The maximum Gasteiger partial charge on any atom is 0.293 e. The molecular formula is C19H19N5O3S2. The standard InChI is InChI=1S/C19H19N5O3S2/c1-12-4-7-15(16(9-12)24(26)27)20-18(25)11-29-19-22-21-17(23(19)13-5-6-13)10-14-3-2-8-28-14/h2-4,7-9,13H,5-6,10-11H2,1H3,(H,20,25). The predicted octanol–water partition coefficient (Wildman–Crippen LogP) is 4.21. The monoisotopic (exact) mass is 429 g/mol. The average Bonchev–Trinajstić information content (AvgIpc) is 3.24. The Bertz CT molecular complexity index is 1040. The van der Waals surface area contributed by atoms with E-state index in [1.807, 2.05) is 11.4 Å². The molecule has 0 saturated heterocycles. The van der Waals surface area contributed by atoms with Gasteiger partial charge < -0.3 is 9.88 Å². The van der Waals surface area contributed by atoms with Crippen LogP contribution in [0, 0.1) is 17.0 Å². The summed E-state index contributed by atoms with van der Waals surface area (Å²) < 4.78 is 2.13. The summed E-state index contributed by atoms with van der Waals surface area (Å²) in [5.41, 5.74) is 0.857. The second-order valence-corrected chi connectivity index (χ2v) is 8.85. The Balaban J connectivity index is 1.44. The second kappa shape index (κ2) is 8.34. The minimum absolute atomic E-state index is 0.106. The molecule has 150 valence electrons. The van der Waals surface area contributed by atoms with Crippen LogP contribution in [-0.2, 0) is 11.2 Å². The molecule has 0 unspecified atom stereocenters. The highest BCUT2D eigenvalue weighted by Crippen LogP contribution is 2.39. The topological polar surface area (TPSA) is 103 Å². The Hall–Kier alpha value is -2.72. The van der Waals surface area contributed by atoms with Crippen molar-refractivity contribution in [3.05, 3.63) is 62.1 Å². The summed E-state index contributed by atoms with van der Waals surface area (Å²) in [6.07, 6.45) is 2.90. The van der Waals surface area contributed by atoms with Crippen molar-refractivity contribution in [3.63, 3.8) is 0 Å². The van der Waals surface area contributed by atoms with Crippen molar-refractivity contribution in [1.29, 1.82) is 0 Å². The fourth-order valence-corrected chi connectivity index (χ4v) is 4.54. The number of thiophene rings is 1. The van der Waals surface area contributed by atoms with Crippen LogP contribution in [0.15, 0.2) is 40.9 Å². The molecule has 0 spiro atoms. The van der Waals surface area contributed by atoms with E-state index in [0.717, 1.165) is 30.7 Å². The van der Waals surface area contributed by atoms with Gasteiger partial charge in [-0.25, -0.2) is 0 Å². The molecule has 1 N–H and O–H groups in total. The molecule has 0 aliphatic heterocycles. The molecule has 1 aliphatic carbocycles. The molecule has 3 aromatic rings. The Kier molecular flexibility index (Phi) is 5.63. The molecule has 0 atom stereocenters. The lowest BCUT2D eigenvalue weighted by Crippen LogP contribution is -2.16. The lowest BCUT2D eigenvalue weighted by atomic mass is 10.2. The van der Waals surface area contributed by atoms with Crippen LogP contribution in [0.5, 0.6) is 0 Å². The third kappa shape index (κ3) is 4.65. The van der Waals surface area contributed by atoms with E-state index in [9.17, 15) is 14.9 Å². The van der Waals surface area contributed by atoms with E-state index in [4.69, 9.17) is 0 Å². The van der Waals surface area contributed by atoms with Gasteiger partial charge in [-0.05, 0) is 42.8 Å². The van der Waals surface area contributed by atoms with Crippen molar-refractivity contribution in [2.24, 2.45) is 0 Å². The van der Waals surface area contributed by atoms with E-state index in [1.54, 1.807) is 30.4 Å². The van der Waals surface area contributed by atoms with Crippen LogP contribution in [0.3, 0.4) is 0 Å². The number of anilines is 1. The largest absolute Gasteiger partial charge is 0.320 e. The number of nitro benzene ring substituents is 1. The first-order chi connectivity index (χ1) is 14.0. The average molecular weight is 430 g/mol. The summed E-state index contributed by atoms with van der Waals surface area (Å²) in [6.45, 7) is 1.77. The molecular weight excluding hydrogens is 410 g/mol. The van der Waals surface area contributed by atoms with Crippen LogP contribution < -0.4 is 5.32 Å². The normalized spacial score (nSPS) is 13.4. The number of carbonyl (C=O) groups excluding carboxylic acids is 1. The van der Waals surface area contributed by atoms with Gasteiger partial charge in [-0.2, -0.15) is 0 Å². The van der Waals surface area contributed by atoms with Crippen LogP contribution in [0.25, 0.3) is 0 Å². The van der Waals surface area contributed by atoms with E-state index in [-0.39, 0.29) is 23.0 Å². The van der Waals surface area contributed by atoms with E-state index < -0.39 is 4.92 Å². The van der Waals surface area contributed by atoms with Crippen LogP contribution in [0.1, 0.15) is 35.1 Å². The molecule has 1 aromatic carbocycles. The highest BCUT2D eigenvalue weighted by molar-refractivity contribution is 7.99. The number of carbonyl (C=O) groups is 1. The van der Waals surface area contributed by atoms with Crippen molar-refractivity contribution < 1.29 is 9.72 Å². The molecule has 1 fully saturated rings. The summed E-state index contributed by atoms with van der Waals surface area (Å²) in [5.74, 6) is 0.702. The van der Waals surface area contributed by atoms with Crippen molar-refractivity contribution >= 4 is 40.4 Å². The van der Waals surface area contributed by atoms with Gasteiger partial charge in [0.2, 0.25) is 5.91 Å². The number of hydrogen-bond acceptors (Lipinski definition) is 7. The zero-order valence-corrected chi connectivity index (χ0v) is 17.3. The smallest absolute Gasteiger partial charge is 0.293 e. The summed E-state index contributed by atoms with van der Waals surface area (Å²) in [4.78, 5) is 24.4. The maximum absolute atomic E-state index is 12.4. The first-order valence-electron chi connectivity index (χ1n) is 9.15. The first kappa shape index (κ1) is 19.6. The van der Waals surface area contributed by atoms with Gasteiger partial charge in [0.15, 0.2) is 5.16 Å². The van der Waals surface area contributed by atoms with Gasteiger partial charge in [-0.3, -0.25) is 14.9 Å². The summed E-state index contributed by atoms with van der Waals surface area (Å²) in [7, 11) is 0. The Morgan fingerprint density at radius 2 is 2.21 bits per heavy atom. The van der Waals surface area contributed by atoms with Gasteiger partial charge >= 0.3 is 0 Å². The lowest BCUT2D eigenvalue weighted by Gasteiger charge is -2.09. The van der Waals surface area contributed by atoms with Crippen LogP contribution in [-0.4, -0.2) is 31.3 Å². The van der Waals surface area contributed by atoms with Crippen LogP contribution in [0.2, 0.25) is 0 Å². The number of amides is 1. The van der Waals surface area contributed by atoms with E-state index in [0.29, 0.717) is 11.2 Å². The van der Waals surface area contributed by atoms with Gasteiger partial charge in [0.05, 0.1) is 10.7 Å². The fourth-order valence-electron chi connectivity index (χ4n) is 3.01. The molecule has 1 amide bonds. The summed E-state index contributed by atoms with van der Waals surface area (Å²) >= 11 is 2.99. The SMILES string of the molecule is Cc1ccc(NC(=O)CSc2nnc(Cc3cccs3)n2C2CC2)c([N+](=O)[O-])c1. The number of benzene rings is 1. The lowest BCUT2D eigenvalue weighted by molar-refractivity contribution is -0.384. The van der Waals surface area contributed by atoms with E-state index >= 15 is 0 Å². The number of hydrogen-bond donors (Lipinski definition) is 1. The molecule has 0 radical (unpaired) electrons. The molecule has 0 bridgehead atoms. The van der Waals surface area contributed by atoms with Gasteiger partial charge in [-0.15, -0.1) is 21.5 Å². The number of nitrogens with one attached hydrogen (secondary N) is 1. The molecule has 2 aromatic heterocycles. The molecule has 29 heavy (non-hydrogen) atoms. The second-order valence-electron chi connectivity index (χ2n) is 6.87. The van der Waals surface area contributed by atoms with Crippen molar-refractivity contribution in [2.75, 3.05) is 11.1 Å². The molecule has 8 nitrogen and oxygen atoms in total. The van der Waals surface area contributed by atoms with Gasteiger partial charge in [0.1, 0.15) is 11.5 Å². The van der Waals surface area contributed by atoms with Crippen molar-refractivity contribution in [3.8, 4) is 0 Å². The van der Waals surface area contributed by atoms with E-state index in [1.165, 1.54) is 22.7 Å². The van der Waals surface area contributed by atoms with Crippen LogP contribution in [0.4, 0.5) is 11.4 Å². The third-order valence-electron chi connectivity index (χ3n) is 4.52. The number of rotatable bonds is 8. The number of aromatic nitrogens is 3. The Morgan fingerprint density at radius 1 is 1.38 bits per heavy atom. The minimum atomic E-state index is -0.490. The van der Waals surface area contributed by atoms with Crippen LogP contribution >= 0.6 is 23.1 Å². The van der Waals surface area contributed by atoms with E-state index in [2.05, 4.69) is 26.1 Å². The number of nitrogens with zero attached hydrogens (tertiary/aromatic N) is 4. The van der Waals surface area contributed by atoms with Gasteiger partial charge in [-0.1, -0.05) is 23.9 Å². The molecule has 1 saturated carbocycles. The maximum atomic E-state index is 12.4. The van der Waals surface area contributed by atoms with Crippen molar-refractivity contribution in [1.82, 2.24) is 14.8 Å². The zero-order chi connectivity index (χ0) is 20.4. The predicted molar refractivity (Wildman–Crippen MR) is 113 cm³/mol. The van der Waals surface area contributed by atoms with Gasteiger partial charge in [0.25, 0.3) is 5.69 Å². The summed E-state index contributed by atoms with van der Waals surface area (Å²) in [6, 6.07) is 9.22. The van der Waals surface area contributed by atoms with Crippen molar-refractivity contribution in [2.45, 2.75) is 37.4 Å². The highest BCUT2D eigenvalue weighted by Gasteiger charge is 2.30. The quantitative estimate of drug-likeness (QED) is 0.327. The fraction of sp³-hybridized carbons (Fsp3) is 0.316. The molecule has 2 heterocycles. The first-order valence-corrected chi connectivity index (χ1v) is 11.0. The molecule has 4 rings (SSSR count). The Morgan fingerprint density at radius 3 is 2.90 bits per heavy atom.